The van der Waals surface area contributed by atoms with E-state index < -0.39 is 0 Å². The largest absolute Gasteiger partial charge is 0.330 e. The van der Waals surface area contributed by atoms with Crippen LogP contribution in [-0.4, -0.2) is 39.7 Å². The summed E-state index contributed by atoms with van der Waals surface area (Å²) in [6.07, 6.45) is 12.5. The third-order valence-corrected chi connectivity index (χ3v) is 6.24. The standard InChI is InChI=1S/C25H33N5O/c1-25(2,3)17-30-22-11-10-21(27-23(22)28(4)24(30)31)20-14-18(8-7-9-19(20)15-26)16-29-12-5-6-13-29/h7,9,11,14,21H,5-6,8,10,12-13,16-17H2,1-4H3. The highest BCUT2D eigenvalue weighted by Gasteiger charge is 2.24. The molecule has 1 aromatic rings. The molecular formula is C25H33N5O. The molecule has 31 heavy (non-hydrogen) atoms. The average Bonchev–Trinajstić information content (AvgIpc) is 3.24. The topological polar surface area (TPSA) is 66.3 Å². The predicted molar refractivity (Wildman–Crippen MR) is 123 cm³/mol. The molecule has 0 amide bonds. The molecule has 0 N–H and O–H groups in total. The number of likely N-dealkylation sites (tertiary alicyclic amines) is 1. The van der Waals surface area contributed by atoms with Crippen LogP contribution in [0, 0.1) is 16.7 Å². The van der Waals surface area contributed by atoms with Crippen molar-refractivity contribution >= 4 is 6.08 Å². The Hall–Kier alpha value is -2.65. The lowest BCUT2D eigenvalue weighted by atomic mass is 9.95. The molecule has 1 fully saturated rings. The lowest BCUT2D eigenvalue weighted by Gasteiger charge is -2.20. The molecule has 1 unspecified atom stereocenters. The van der Waals surface area contributed by atoms with Gasteiger partial charge in [0.15, 0.2) is 5.49 Å². The van der Waals surface area contributed by atoms with Crippen molar-refractivity contribution in [2.24, 2.45) is 17.5 Å². The maximum Gasteiger partial charge on any atom is 0.330 e. The highest BCUT2D eigenvalue weighted by molar-refractivity contribution is 5.50. The molecule has 1 saturated heterocycles. The highest BCUT2D eigenvalue weighted by atomic mass is 16.1. The van der Waals surface area contributed by atoms with Crippen LogP contribution in [0.5, 0.6) is 0 Å². The molecule has 0 bridgehead atoms. The van der Waals surface area contributed by atoms with Gasteiger partial charge in [-0.25, -0.2) is 4.79 Å². The Kier molecular flexibility index (Phi) is 5.90. The van der Waals surface area contributed by atoms with Gasteiger partial charge in [-0.15, -0.1) is 0 Å². The normalized spacial score (nSPS) is 21.8. The minimum absolute atomic E-state index is 0.000558. The van der Waals surface area contributed by atoms with Crippen LogP contribution in [0.1, 0.15) is 46.5 Å². The molecule has 1 aromatic heterocycles. The summed E-state index contributed by atoms with van der Waals surface area (Å²) < 4.78 is 3.49. The minimum atomic E-state index is -0.144. The van der Waals surface area contributed by atoms with Crippen LogP contribution in [0.4, 0.5) is 0 Å². The molecule has 0 aromatic carbocycles. The number of aromatic nitrogens is 2. The van der Waals surface area contributed by atoms with Gasteiger partial charge in [0.25, 0.3) is 0 Å². The van der Waals surface area contributed by atoms with E-state index in [-0.39, 0.29) is 17.1 Å². The van der Waals surface area contributed by atoms with Gasteiger partial charge in [0, 0.05) is 20.1 Å². The summed E-state index contributed by atoms with van der Waals surface area (Å²) in [4.78, 5) is 20.4. The van der Waals surface area contributed by atoms with E-state index in [9.17, 15) is 10.1 Å². The van der Waals surface area contributed by atoms with Gasteiger partial charge in [-0.3, -0.25) is 19.0 Å². The van der Waals surface area contributed by atoms with E-state index in [1.165, 1.54) is 18.4 Å². The van der Waals surface area contributed by atoms with Gasteiger partial charge in [-0.2, -0.15) is 5.26 Å². The Morgan fingerprint density at radius 2 is 2.00 bits per heavy atom. The van der Waals surface area contributed by atoms with Gasteiger partial charge >= 0.3 is 5.69 Å². The van der Waals surface area contributed by atoms with Crippen molar-refractivity contribution in [3.8, 4) is 6.07 Å². The second kappa shape index (κ2) is 8.47. The second-order valence-electron chi connectivity index (χ2n) is 10.2. The Morgan fingerprint density at radius 1 is 1.26 bits per heavy atom. The van der Waals surface area contributed by atoms with Gasteiger partial charge in [0.2, 0.25) is 0 Å². The molecule has 0 saturated carbocycles. The molecular weight excluding hydrogens is 386 g/mol. The molecule has 164 valence electrons. The molecule has 2 aliphatic heterocycles. The quantitative estimate of drug-likeness (QED) is 0.752. The minimum Gasteiger partial charge on any atom is -0.299 e. The fourth-order valence-corrected chi connectivity index (χ4v) is 4.77. The number of hydrogen-bond donors (Lipinski definition) is 0. The summed E-state index contributed by atoms with van der Waals surface area (Å²) in [6, 6.07) is 2.23. The van der Waals surface area contributed by atoms with E-state index in [0.29, 0.717) is 18.5 Å². The number of nitriles is 1. The number of nitrogens with zero attached hydrogens (tertiary/aromatic N) is 5. The Balaban J connectivity index is 1.74. The lowest BCUT2D eigenvalue weighted by molar-refractivity contribution is 0.333. The Labute approximate surface area is 184 Å². The van der Waals surface area contributed by atoms with Gasteiger partial charge in [-0.1, -0.05) is 44.6 Å². The lowest BCUT2D eigenvalue weighted by Crippen LogP contribution is -2.39. The number of rotatable bonds is 4. The Morgan fingerprint density at radius 3 is 2.68 bits per heavy atom. The molecule has 0 radical (unpaired) electrons. The first-order valence-corrected chi connectivity index (χ1v) is 11.3. The van der Waals surface area contributed by atoms with Crippen LogP contribution >= 0.6 is 0 Å². The number of hydrogen-bond acceptors (Lipinski definition) is 4. The zero-order chi connectivity index (χ0) is 22.2. The van der Waals surface area contributed by atoms with Gasteiger partial charge < -0.3 is 0 Å². The summed E-state index contributed by atoms with van der Waals surface area (Å²) in [6.45, 7) is 10.3. The summed E-state index contributed by atoms with van der Waals surface area (Å²) in [5, 5.41) is 10.7. The Bertz CT molecular complexity index is 1170. The molecule has 3 aliphatic rings. The molecule has 0 spiro atoms. The van der Waals surface area contributed by atoms with Gasteiger partial charge in [0.05, 0.1) is 23.0 Å². The van der Waals surface area contributed by atoms with Crippen LogP contribution in [0.15, 0.2) is 44.7 Å². The zero-order valence-corrected chi connectivity index (χ0v) is 19.2. The zero-order valence-electron chi connectivity index (χ0n) is 19.2. The third-order valence-electron chi connectivity index (χ3n) is 6.24. The van der Waals surface area contributed by atoms with Crippen molar-refractivity contribution in [1.82, 2.24) is 14.0 Å². The van der Waals surface area contributed by atoms with Crippen LogP contribution in [0.3, 0.4) is 0 Å². The first-order valence-electron chi connectivity index (χ1n) is 11.3. The van der Waals surface area contributed by atoms with E-state index in [4.69, 9.17) is 4.99 Å². The van der Waals surface area contributed by atoms with E-state index in [1.807, 2.05) is 10.6 Å². The maximum absolute atomic E-state index is 12.9. The molecule has 1 atom stereocenters. The fourth-order valence-electron chi connectivity index (χ4n) is 4.77. The van der Waals surface area contributed by atoms with Crippen molar-refractivity contribution in [3.63, 3.8) is 0 Å². The predicted octanol–water partition coefficient (Wildman–Crippen LogP) is 2.21. The molecule has 1 aliphatic carbocycles. The van der Waals surface area contributed by atoms with Gasteiger partial charge in [0.1, 0.15) is 0 Å². The van der Waals surface area contributed by atoms with Crippen molar-refractivity contribution in [2.45, 2.75) is 59.0 Å². The average molecular weight is 420 g/mol. The first kappa shape index (κ1) is 21.6. The van der Waals surface area contributed by atoms with Crippen molar-refractivity contribution in [2.75, 3.05) is 19.6 Å². The SMILES string of the molecule is Cn1c2c(n(CC(C)(C)C)c1=O)=CCC(C1=C(C#N)C=CCC(CN3CCCC3)=C1)N=2. The molecule has 6 nitrogen and oxygen atoms in total. The monoisotopic (exact) mass is 419 g/mol. The first-order chi connectivity index (χ1) is 14.8. The third kappa shape index (κ3) is 4.52. The smallest absolute Gasteiger partial charge is 0.299 e. The fraction of sp³-hybridized carbons (Fsp3) is 0.560. The number of allylic oxidation sites excluding steroid dienone is 3. The highest BCUT2D eigenvalue weighted by Crippen LogP contribution is 2.26. The summed E-state index contributed by atoms with van der Waals surface area (Å²) in [5.74, 6) is 0. The summed E-state index contributed by atoms with van der Waals surface area (Å²) in [5.41, 5.74) is 3.68. The number of imidazole rings is 1. The van der Waals surface area contributed by atoms with E-state index in [2.05, 4.69) is 50.0 Å². The second-order valence-corrected chi connectivity index (χ2v) is 10.2. The van der Waals surface area contributed by atoms with Crippen molar-refractivity contribution in [3.05, 3.63) is 56.3 Å². The molecule has 3 heterocycles. The summed E-state index contributed by atoms with van der Waals surface area (Å²) in [7, 11) is 1.79. The molecule has 6 heteroatoms. The van der Waals surface area contributed by atoms with Crippen molar-refractivity contribution < 1.29 is 0 Å². The van der Waals surface area contributed by atoms with E-state index in [1.54, 1.807) is 11.6 Å². The van der Waals surface area contributed by atoms with Crippen LogP contribution in [0.2, 0.25) is 0 Å². The van der Waals surface area contributed by atoms with Gasteiger partial charge in [-0.05, 0) is 55.8 Å². The van der Waals surface area contributed by atoms with Crippen LogP contribution in [-0.2, 0) is 13.6 Å². The van der Waals surface area contributed by atoms with E-state index >= 15 is 0 Å². The maximum atomic E-state index is 12.9. The summed E-state index contributed by atoms with van der Waals surface area (Å²) >= 11 is 0. The van der Waals surface area contributed by atoms with Crippen LogP contribution < -0.4 is 16.5 Å². The molecule has 4 rings (SSSR count). The van der Waals surface area contributed by atoms with Crippen LogP contribution in [0.25, 0.3) is 6.08 Å². The number of fused-ring (bicyclic) bond motifs is 1. The van der Waals surface area contributed by atoms with E-state index in [0.717, 1.165) is 42.5 Å². The van der Waals surface area contributed by atoms with Crippen molar-refractivity contribution in [1.29, 1.82) is 5.26 Å².